The first-order chi connectivity index (χ1) is 16.8. The summed E-state index contributed by atoms with van der Waals surface area (Å²) in [6.45, 7) is 0. The molecule has 3 aromatic carbocycles. The molecule has 0 saturated carbocycles. The molecular formula is C29H23N3O2. The van der Waals surface area contributed by atoms with Crippen LogP contribution in [0.4, 0.5) is 5.69 Å². The Morgan fingerprint density at radius 2 is 1.35 bits per heavy atom. The van der Waals surface area contributed by atoms with E-state index in [4.69, 9.17) is 4.74 Å². The summed E-state index contributed by atoms with van der Waals surface area (Å²) in [5, 5.41) is 2.89. The number of pyridine rings is 1. The fraction of sp³-hybridized carbons (Fsp3) is 0.0345. The highest BCUT2D eigenvalue weighted by Crippen LogP contribution is 2.28. The molecule has 0 bridgehead atoms. The molecule has 0 spiro atoms. The van der Waals surface area contributed by atoms with E-state index in [-0.39, 0.29) is 12.0 Å². The quantitative estimate of drug-likeness (QED) is 0.320. The van der Waals surface area contributed by atoms with Gasteiger partial charge in [0.15, 0.2) is 6.10 Å². The third-order valence-electron chi connectivity index (χ3n) is 5.47. The van der Waals surface area contributed by atoms with Crippen molar-refractivity contribution in [2.75, 3.05) is 5.32 Å². The second kappa shape index (κ2) is 9.88. The maximum absolute atomic E-state index is 12.7. The number of ether oxygens (including phenoxy) is 1. The molecule has 0 aliphatic heterocycles. The SMILES string of the molecule is O=C(Nc1ccc(OC(c2ccccc2)c2ccccc2)nc1)c1ccc(-n2cccc2)cc1. The molecular weight excluding hydrogens is 422 g/mol. The maximum Gasteiger partial charge on any atom is 0.255 e. The Hall–Kier alpha value is -4.64. The standard InChI is InChI=1S/C29H23N3O2/c33-29(24-13-16-26(17-14-24)32-19-7-8-20-32)31-25-15-18-27(30-21-25)34-28(22-9-3-1-4-10-22)23-11-5-2-6-12-23/h1-21,28H,(H,31,33). The van der Waals surface area contributed by atoms with Crippen LogP contribution in [0.5, 0.6) is 5.88 Å². The lowest BCUT2D eigenvalue weighted by molar-refractivity contribution is 0.102. The predicted molar refractivity (Wildman–Crippen MR) is 133 cm³/mol. The van der Waals surface area contributed by atoms with Crippen molar-refractivity contribution in [2.24, 2.45) is 0 Å². The van der Waals surface area contributed by atoms with Crippen molar-refractivity contribution in [3.63, 3.8) is 0 Å². The van der Waals surface area contributed by atoms with E-state index in [1.54, 1.807) is 30.5 Å². The lowest BCUT2D eigenvalue weighted by atomic mass is 10.0. The van der Waals surface area contributed by atoms with E-state index in [9.17, 15) is 4.79 Å². The van der Waals surface area contributed by atoms with Crippen molar-refractivity contribution in [1.82, 2.24) is 9.55 Å². The fourth-order valence-electron chi connectivity index (χ4n) is 3.72. The Labute approximate surface area is 198 Å². The summed E-state index contributed by atoms with van der Waals surface area (Å²) in [7, 11) is 0. The molecule has 0 radical (unpaired) electrons. The van der Waals surface area contributed by atoms with Crippen LogP contribution in [0.2, 0.25) is 0 Å². The Morgan fingerprint density at radius 3 is 1.91 bits per heavy atom. The molecule has 34 heavy (non-hydrogen) atoms. The van der Waals surface area contributed by atoms with Gasteiger partial charge in [0.1, 0.15) is 0 Å². The smallest absolute Gasteiger partial charge is 0.255 e. The van der Waals surface area contributed by atoms with Crippen molar-refractivity contribution < 1.29 is 9.53 Å². The van der Waals surface area contributed by atoms with Gasteiger partial charge in [-0.15, -0.1) is 0 Å². The van der Waals surface area contributed by atoms with Gasteiger partial charge in [-0.3, -0.25) is 4.79 Å². The molecule has 0 aliphatic carbocycles. The van der Waals surface area contributed by atoms with Crippen LogP contribution >= 0.6 is 0 Å². The number of rotatable bonds is 7. The number of amides is 1. The first-order valence-corrected chi connectivity index (χ1v) is 11.0. The minimum Gasteiger partial charge on any atom is -0.465 e. The lowest BCUT2D eigenvalue weighted by Crippen LogP contribution is -2.13. The number of aromatic nitrogens is 2. The van der Waals surface area contributed by atoms with E-state index >= 15 is 0 Å². The number of carbonyl (C=O) groups excluding carboxylic acids is 1. The van der Waals surface area contributed by atoms with Gasteiger partial charge in [0.25, 0.3) is 5.91 Å². The average Bonchev–Trinajstić information content (AvgIpc) is 3.44. The Kier molecular flexibility index (Phi) is 6.16. The van der Waals surface area contributed by atoms with Gasteiger partial charge in [0, 0.05) is 29.7 Å². The Morgan fingerprint density at radius 1 is 0.735 bits per heavy atom. The molecule has 2 aromatic heterocycles. The highest BCUT2D eigenvalue weighted by Gasteiger charge is 2.16. The minimum absolute atomic E-state index is 0.194. The van der Waals surface area contributed by atoms with Gasteiger partial charge in [0.05, 0.1) is 11.9 Å². The summed E-state index contributed by atoms with van der Waals surface area (Å²) in [5.41, 5.74) is 4.25. The first-order valence-electron chi connectivity index (χ1n) is 11.0. The number of benzene rings is 3. The van der Waals surface area contributed by atoms with Crippen LogP contribution in [0.1, 0.15) is 27.6 Å². The number of hydrogen-bond donors (Lipinski definition) is 1. The van der Waals surface area contributed by atoms with Crippen LogP contribution in [-0.4, -0.2) is 15.5 Å². The zero-order valence-electron chi connectivity index (χ0n) is 18.4. The van der Waals surface area contributed by atoms with Gasteiger partial charge in [-0.2, -0.15) is 0 Å². The lowest BCUT2D eigenvalue weighted by Gasteiger charge is -2.19. The molecule has 2 heterocycles. The van der Waals surface area contributed by atoms with Crippen LogP contribution in [0, 0.1) is 0 Å². The summed E-state index contributed by atoms with van der Waals surface area (Å²) < 4.78 is 8.24. The molecule has 0 fully saturated rings. The molecule has 5 heteroatoms. The Bertz CT molecular complexity index is 1290. The number of nitrogens with one attached hydrogen (secondary N) is 1. The van der Waals surface area contributed by atoms with Crippen LogP contribution in [0.25, 0.3) is 5.69 Å². The van der Waals surface area contributed by atoms with E-state index in [0.29, 0.717) is 17.1 Å². The number of anilines is 1. The molecule has 5 nitrogen and oxygen atoms in total. The Balaban J connectivity index is 1.28. The van der Waals surface area contributed by atoms with Crippen molar-refractivity contribution in [3.05, 3.63) is 144 Å². The van der Waals surface area contributed by atoms with E-state index in [0.717, 1.165) is 16.8 Å². The zero-order valence-corrected chi connectivity index (χ0v) is 18.4. The van der Waals surface area contributed by atoms with Gasteiger partial charge in [-0.1, -0.05) is 60.7 Å². The normalized spacial score (nSPS) is 10.7. The maximum atomic E-state index is 12.7. The van der Waals surface area contributed by atoms with Crippen LogP contribution in [0.3, 0.4) is 0 Å². The third kappa shape index (κ3) is 4.89. The minimum atomic E-state index is -0.283. The molecule has 5 rings (SSSR count). The van der Waals surface area contributed by atoms with E-state index in [1.165, 1.54) is 0 Å². The van der Waals surface area contributed by atoms with Crippen molar-refractivity contribution >= 4 is 11.6 Å². The van der Waals surface area contributed by atoms with E-state index in [2.05, 4.69) is 10.3 Å². The number of carbonyl (C=O) groups is 1. The third-order valence-corrected chi connectivity index (χ3v) is 5.47. The molecule has 166 valence electrons. The summed E-state index contributed by atoms with van der Waals surface area (Å²) in [5.74, 6) is 0.285. The highest BCUT2D eigenvalue weighted by molar-refractivity contribution is 6.04. The largest absolute Gasteiger partial charge is 0.465 e. The topological polar surface area (TPSA) is 56.1 Å². The summed E-state index contributed by atoms with van der Waals surface area (Å²) >= 11 is 0. The molecule has 0 saturated heterocycles. The van der Waals surface area contributed by atoms with Gasteiger partial charge in [-0.25, -0.2) is 4.98 Å². The molecule has 1 amide bonds. The summed E-state index contributed by atoms with van der Waals surface area (Å²) in [6, 6.07) is 35.0. The summed E-state index contributed by atoms with van der Waals surface area (Å²) in [6.07, 6.45) is 5.25. The molecule has 0 aliphatic rings. The second-order valence-electron chi connectivity index (χ2n) is 7.80. The zero-order chi connectivity index (χ0) is 23.2. The van der Waals surface area contributed by atoms with E-state index < -0.39 is 0 Å². The highest BCUT2D eigenvalue weighted by atomic mass is 16.5. The van der Waals surface area contributed by atoms with Gasteiger partial charge < -0.3 is 14.6 Å². The van der Waals surface area contributed by atoms with Crippen LogP contribution in [-0.2, 0) is 0 Å². The fourth-order valence-corrected chi connectivity index (χ4v) is 3.72. The van der Waals surface area contributed by atoms with Gasteiger partial charge >= 0.3 is 0 Å². The average molecular weight is 446 g/mol. The molecule has 0 atom stereocenters. The first kappa shape index (κ1) is 21.2. The van der Waals surface area contributed by atoms with Crippen molar-refractivity contribution in [1.29, 1.82) is 0 Å². The summed E-state index contributed by atoms with van der Waals surface area (Å²) in [4.78, 5) is 17.1. The predicted octanol–water partition coefficient (Wildman–Crippen LogP) is 6.29. The van der Waals surface area contributed by atoms with Crippen molar-refractivity contribution in [2.45, 2.75) is 6.10 Å². The monoisotopic (exact) mass is 445 g/mol. The van der Waals surface area contributed by atoms with Crippen LogP contribution < -0.4 is 10.1 Å². The second-order valence-corrected chi connectivity index (χ2v) is 7.80. The molecule has 1 N–H and O–H groups in total. The van der Waals surface area contributed by atoms with Gasteiger partial charge in [-0.05, 0) is 53.6 Å². The molecule has 0 unspecified atom stereocenters. The van der Waals surface area contributed by atoms with Crippen molar-refractivity contribution in [3.8, 4) is 11.6 Å². The van der Waals surface area contributed by atoms with Gasteiger partial charge in [0.2, 0.25) is 5.88 Å². The van der Waals surface area contributed by atoms with Crippen LogP contribution in [0.15, 0.2) is 128 Å². The molecule has 5 aromatic rings. The number of hydrogen-bond acceptors (Lipinski definition) is 3. The number of nitrogens with zero attached hydrogens (tertiary/aromatic N) is 2. The van der Waals surface area contributed by atoms with E-state index in [1.807, 2.05) is 102 Å².